The fourth-order valence-electron chi connectivity index (χ4n) is 3.71. The third kappa shape index (κ3) is 6.03. The number of halogens is 1. The average molecular weight is 522 g/mol. The Kier molecular flexibility index (Phi) is 7.87. The van der Waals surface area contributed by atoms with E-state index in [9.17, 15) is 0 Å². The minimum Gasteiger partial charge on any atom is -0.383 e. The summed E-state index contributed by atoms with van der Waals surface area (Å²) in [6.45, 7) is 3.57. The number of fused-ring (bicyclic) bond motifs is 1. The first-order chi connectivity index (χ1) is 15.3. The number of hydrogen-bond acceptors (Lipinski definition) is 4. The zero-order valence-corrected chi connectivity index (χ0v) is 19.5. The Morgan fingerprint density at radius 1 is 0.742 bits per heavy atom. The average Bonchev–Trinajstić information content (AvgIpc) is 2.82. The monoisotopic (exact) mass is 522 g/mol. The molecule has 4 rings (SSSR count). The first-order valence-electron chi connectivity index (χ1n) is 10.6. The van der Waals surface area contributed by atoms with Crippen LogP contribution >= 0.6 is 22.6 Å². The summed E-state index contributed by atoms with van der Waals surface area (Å²) >= 11 is 2.32. The third-order valence-corrected chi connectivity index (χ3v) is 5.91. The number of nitrogens with one attached hydrogen (secondary N) is 3. The second-order valence-corrected chi connectivity index (χ2v) is 8.65. The van der Waals surface area contributed by atoms with Crippen molar-refractivity contribution < 1.29 is 0 Å². The summed E-state index contributed by atoms with van der Waals surface area (Å²) in [7, 11) is 0. The van der Waals surface area contributed by atoms with Gasteiger partial charge in [-0.25, -0.2) is 0 Å². The standard InChI is InChI=1S/C26H27IN4/c27-22-11-12-23-24(13-14-29-25(23)19-22)30-17-15-28-16-18-31-26(20-7-3-1-4-8-20)21-9-5-2-6-10-21/h1-14,19,26,28,31H,15-18H2,(H,29,30). The smallest absolute Gasteiger partial charge is 0.0733 e. The highest BCUT2D eigenvalue weighted by molar-refractivity contribution is 14.1. The van der Waals surface area contributed by atoms with Gasteiger partial charge in [0.1, 0.15) is 0 Å². The SMILES string of the molecule is Ic1ccc2c(NCCNCCNC(c3ccccc3)c3ccccc3)ccnc2c1. The maximum Gasteiger partial charge on any atom is 0.0733 e. The summed E-state index contributed by atoms with van der Waals surface area (Å²) in [6.07, 6.45) is 1.87. The predicted molar refractivity (Wildman–Crippen MR) is 139 cm³/mol. The molecular formula is C26H27IN4. The van der Waals surface area contributed by atoms with Crippen LogP contribution in [0.3, 0.4) is 0 Å². The van der Waals surface area contributed by atoms with Gasteiger partial charge in [-0.2, -0.15) is 0 Å². The van der Waals surface area contributed by atoms with Gasteiger partial charge in [0.2, 0.25) is 0 Å². The van der Waals surface area contributed by atoms with E-state index in [1.54, 1.807) is 0 Å². The molecule has 4 aromatic rings. The molecule has 5 heteroatoms. The largest absolute Gasteiger partial charge is 0.383 e. The molecule has 0 fully saturated rings. The molecular weight excluding hydrogens is 495 g/mol. The van der Waals surface area contributed by atoms with Gasteiger partial charge in [-0.05, 0) is 58.0 Å². The fourth-order valence-corrected chi connectivity index (χ4v) is 4.18. The van der Waals surface area contributed by atoms with Crippen LogP contribution in [0.2, 0.25) is 0 Å². The number of pyridine rings is 1. The number of benzene rings is 3. The number of aromatic nitrogens is 1. The van der Waals surface area contributed by atoms with Crippen molar-refractivity contribution in [1.82, 2.24) is 15.6 Å². The summed E-state index contributed by atoms with van der Waals surface area (Å²) in [5, 5.41) is 11.9. The highest BCUT2D eigenvalue weighted by atomic mass is 127. The lowest BCUT2D eigenvalue weighted by Gasteiger charge is -2.20. The molecule has 0 saturated heterocycles. The molecule has 158 valence electrons. The molecule has 1 aromatic heterocycles. The Hall–Kier alpha value is -2.48. The normalized spacial score (nSPS) is 11.2. The number of nitrogens with zero attached hydrogens (tertiary/aromatic N) is 1. The van der Waals surface area contributed by atoms with Crippen LogP contribution < -0.4 is 16.0 Å². The summed E-state index contributed by atoms with van der Waals surface area (Å²) < 4.78 is 1.20. The molecule has 0 bridgehead atoms. The molecule has 0 aliphatic carbocycles. The Balaban J connectivity index is 1.24. The highest BCUT2D eigenvalue weighted by Crippen LogP contribution is 2.23. The minimum atomic E-state index is 0.202. The molecule has 4 nitrogen and oxygen atoms in total. The van der Waals surface area contributed by atoms with Crippen molar-refractivity contribution in [2.45, 2.75) is 6.04 Å². The van der Waals surface area contributed by atoms with Crippen molar-refractivity contribution in [2.75, 3.05) is 31.5 Å². The maximum atomic E-state index is 4.47. The van der Waals surface area contributed by atoms with Crippen molar-refractivity contribution in [3.8, 4) is 0 Å². The van der Waals surface area contributed by atoms with E-state index in [4.69, 9.17) is 0 Å². The highest BCUT2D eigenvalue weighted by Gasteiger charge is 2.12. The lowest BCUT2D eigenvalue weighted by Crippen LogP contribution is -2.33. The van der Waals surface area contributed by atoms with Crippen LogP contribution in [-0.4, -0.2) is 31.2 Å². The van der Waals surface area contributed by atoms with E-state index >= 15 is 0 Å². The van der Waals surface area contributed by atoms with E-state index in [1.807, 2.05) is 12.3 Å². The van der Waals surface area contributed by atoms with Gasteiger partial charge in [-0.1, -0.05) is 60.7 Å². The number of rotatable bonds is 10. The molecule has 0 saturated carbocycles. The van der Waals surface area contributed by atoms with Crippen LogP contribution in [0.25, 0.3) is 10.9 Å². The van der Waals surface area contributed by atoms with Gasteiger partial charge in [-0.3, -0.25) is 4.98 Å². The maximum absolute atomic E-state index is 4.47. The van der Waals surface area contributed by atoms with Gasteiger partial charge in [0, 0.05) is 47.0 Å². The molecule has 0 atom stereocenters. The Morgan fingerprint density at radius 2 is 1.42 bits per heavy atom. The Labute approximate surface area is 197 Å². The van der Waals surface area contributed by atoms with Crippen LogP contribution in [0.15, 0.2) is 91.1 Å². The van der Waals surface area contributed by atoms with E-state index < -0.39 is 0 Å². The van der Waals surface area contributed by atoms with Crippen molar-refractivity contribution in [3.63, 3.8) is 0 Å². The number of hydrogen-bond donors (Lipinski definition) is 3. The molecule has 0 amide bonds. The van der Waals surface area contributed by atoms with Gasteiger partial charge in [0.05, 0.1) is 11.6 Å². The fraction of sp³-hybridized carbons (Fsp3) is 0.192. The van der Waals surface area contributed by atoms with Gasteiger partial charge in [0.15, 0.2) is 0 Å². The van der Waals surface area contributed by atoms with Gasteiger partial charge in [0.25, 0.3) is 0 Å². The van der Waals surface area contributed by atoms with Gasteiger partial charge < -0.3 is 16.0 Å². The zero-order valence-electron chi connectivity index (χ0n) is 17.4. The summed E-state index contributed by atoms with van der Waals surface area (Å²) in [5.41, 5.74) is 4.74. The Morgan fingerprint density at radius 3 is 2.13 bits per heavy atom. The first-order valence-corrected chi connectivity index (χ1v) is 11.7. The van der Waals surface area contributed by atoms with Crippen LogP contribution in [0.1, 0.15) is 17.2 Å². The van der Waals surface area contributed by atoms with E-state index in [0.29, 0.717) is 0 Å². The molecule has 0 unspecified atom stereocenters. The van der Waals surface area contributed by atoms with Gasteiger partial charge >= 0.3 is 0 Å². The van der Waals surface area contributed by atoms with Crippen molar-refractivity contribution in [2.24, 2.45) is 0 Å². The number of anilines is 1. The topological polar surface area (TPSA) is 49.0 Å². The van der Waals surface area contributed by atoms with Crippen LogP contribution in [0.5, 0.6) is 0 Å². The summed E-state index contributed by atoms with van der Waals surface area (Å²) in [5.74, 6) is 0. The summed E-state index contributed by atoms with van der Waals surface area (Å²) in [6, 6.07) is 29.9. The third-order valence-electron chi connectivity index (χ3n) is 5.24. The second kappa shape index (κ2) is 11.2. The molecule has 0 aliphatic rings. The minimum absolute atomic E-state index is 0.202. The quantitative estimate of drug-likeness (QED) is 0.198. The zero-order chi connectivity index (χ0) is 21.3. The molecule has 3 N–H and O–H groups in total. The predicted octanol–water partition coefficient (Wildman–Crippen LogP) is 5.22. The van der Waals surface area contributed by atoms with Crippen LogP contribution in [-0.2, 0) is 0 Å². The summed E-state index contributed by atoms with van der Waals surface area (Å²) in [4.78, 5) is 4.47. The first kappa shape index (κ1) is 21.7. The molecule has 0 spiro atoms. The Bertz CT molecular complexity index is 1050. The molecule has 31 heavy (non-hydrogen) atoms. The van der Waals surface area contributed by atoms with Crippen molar-refractivity contribution >= 4 is 39.2 Å². The molecule has 0 radical (unpaired) electrons. The van der Waals surface area contributed by atoms with E-state index in [-0.39, 0.29) is 6.04 Å². The van der Waals surface area contributed by atoms with E-state index in [0.717, 1.165) is 42.8 Å². The van der Waals surface area contributed by atoms with Crippen molar-refractivity contribution in [3.05, 3.63) is 106 Å². The van der Waals surface area contributed by atoms with E-state index in [2.05, 4.69) is 122 Å². The second-order valence-electron chi connectivity index (χ2n) is 7.41. The lowest BCUT2D eigenvalue weighted by molar-refractivity contribution is 0.571. The lowest BCUT2D eigenvalue weighted by atomic mass is 9.99. The molecule has 1 heterocycles. The molecule has 0 aliphatic heterocycles. The van der Waals surface area contributed by atoms with E-state index in [1.165, 1.54) is 14.7 Å². The van der Waals surface area contributed by atoms with Crippen LogP contribution in [0, 0.1) is 3.57 Å². The van der Waals surface area contributed by atoms with Crippen molar-refractivity contribution in [1.29, 1.82) is 0 Å². The van der Waals surface area contributed by atoms with Crippen LogP contribution in [0.4, 0.5) is 5.69 Å². The van der Waals surface area contributed by atoms with Gasteiger partial charge in [-0.15, -0.1) is 0 Å². The molecule has 3 aromatic carbocycles.